The van der Waals surface area contributed by atoms with Crippen LogP contribution < -0.4 is 5.32 Å². The van der Waals surface area contributed by atoms with Crippen LogP contribution >= 0.6 is 15.9 Å². The number of alkyl halides is 3. The summed E-state index contributed by atoms with van der Waals surface area (Å²) >= 11 is 3.04. The fourth-order valence-electron chi connectivity index (χ4n) is 1.92. The molecule has 0 unspecified atom stereocenters. The van der Waals surface area contributed by atoms with Crippen molar-refractivity contribution in [2.24, 2.45) is 0 Å². The Morgan fingerprint density at radius 3 is 2.65 bits per heavy atom. The van der Waals surface area contributed by atoms with Gasteiger partial charge in [0.2, 0.25) is 11.7 Å². The first kappa shape index (κ1) is 13.6. The molecule has 1 N–H and O–H groups in total. The number of rotatable bonds is 2. The van der Waals surface area contributed by atoms with Crippen molar-refractivity contribution < 1.29 is 17.7 Å². The second kappa shape index (κ2) is 4.85. The van der Waals surface area contributed by atoms with Gasteiger partial charge in [-0.2, -0.15) is 18.2 Å². The molecule has 0 saturated carbocycles. The van der Waals surface area contributed by atoms with E-state index in [-0.39, 0.29) is 17.3 Å². The van der Waals surface area contributed by atoms with E-state index in [0.717, 1.165) is 6.07 Å². The van der Waals surface area contributed by atoms with Crippen molar-refractivity contribution in [1.29, 1.82) is 0 Å². The summed E-state index contributed by atoms with van der Waals surface area (Å²) in [6.07, 6.45) is -4.47. The summed E-state index contributed by atoms with van der Waals surface area (Å²) in [6.45, 7) is 1.40. The second-order valence-corrected chi connectivity index (χ2v) is 5.41. The van der Waals surface area contributed by atoms with Gasteiger partial charge < -0.3 is 9.84 Å². The number of nitrogens with zero attached hydrogens (tertiary/aromatic N) is 2. The van der Waals surface area contributed by atoms with Gasteiger partial charge in [-0.1, -0.05) is 21.1 Å². The molecule has 0 bridgehead atoms. The van der Waals surface area contributed by atoms with E-state index in [9.17, 15) is 13.2 Å². The molecule has 0 atom stereocenters. The number of hydrogen-bond acceptors (Lipinski definition) is 4. The lowest BCUT2D eigenvalue weighted by atomic mass is 10.0. The van der Waals surface area contributed by atoms with E-state index in [4.69, 9.17) is 4.52 Å². The number of hydrogen-bond donors (Lipinski definition) is 1. The van der Waals surface area contributed by atoms with Crippen molar-refractivity contribution in [1.82, 2.24) is 15.5 Å². The second-order valence-electron chi connectivity index (χ2n) is 4.50. The third-order valence-corrected chi connectivity index (χ3v) is 3.59. The summed E-state index contributed by atoms with van der Waals surface area (Å²) in [4.78, 5) is 4.07. The first-order chi connectivity index (χ1) is 9.45. The fraction of sp³-hybridized carbons (Fsp3) is 0.333. The summed E-state index contributed by atoms with van der Waals surface area (Å²) in [5.41, 5.74) is -0.867. The normalized spacial score (nSPS) is 16.2. The Kier molecular flexibility index (Phi) is 3.29. The number of halogens is 4. The van der Waals surface area contributed by atoms with Gasteiger partial charge in [-0.15, -0.1) is 0 Å². The van der Waals surface area contributed by atoms with Crippen molar-refractivity contribution in [2.45, 2.75) is 12.1 Å². The minimum atomic E-state index is -4.47. The minimum Gasteiger partial charge on any atom is -0.339 e. The molecule has 3 rings (SSSR count). The van der Waals surface area contributed by atoms with Crippen LogP contribution in [-0.2, 0) is 6.18 Å². The Bertz CT molecular complexity index is 637. The Balaban J connectivity index is 2.02. The number of benzene rings is 1. The largest absolute Gasteiger partial charge is 0.417 e. The zero-order valence-corrected chi connectivity index (χ0v) is 11.6. The maximum Gasteiger partial charge on any atom is 0.417 e. The zero-order chi connectivity index (χ0) is 14.3. The third kappa shape index (κ3) is 2.45. The van der Waals surface area contributed by atoms with Crippen LogP contribution in [0.25, 0.3) is 11.4 Å². The standard InChI is InChI=1S/C12H9BrF3N3O/c13-7-1-2-8(9(3-7)12(14,15)16)10-18-11(20-19-10)6-4-17-5-6/h1-3,6,17H,4-5H2. The lowest BCUT2D eigenvalue weighted by Crippen LogP contribution is -2.40. The average molecular weight is 348 g/mol. The molecule has 0 aliphatic carbocycles. The minimum absolute atomic E-state index is 0.0354. The Morgan fingerprint density at radius 1 is 1.30 bits per heavy atom. The van der Waals surface area contributed by atoms with Gasteiger partial charge in [-0.05, 0) is 18.2 Å². The van der Waals surface area contributed by atoms with Gasteiger partial charge >= 0.3 is 6.18 Å². The molecular formula is C12H9BrF3N3O. The van der Waals surface area contributed by atoms with E-state index >= 15 is 0 Å². The van der Waals surface area contributed by atoms with Gasteiger partial charge in [0.1, 0.15) is 0 Å². The molecule has 8 heteroatoms. The molecule has 0 spiro atoms. The van der Waals surface area contributed by atoms with Crippen molar-refractivity contribution >= 4 is 15.9 Å². The van der Waals surface area contributed by atoms with Crippen molar-refractivity contribution in [3.8, 4) is 11.4 Å². The molecule has 1 fully saturated rings. The summed E-state index contributed by atoms with van der Waals surface area (Å²) < 4.78 is 44.5. The maximum atomic E-state index is 13.0. The third-order valence-electron chi connectivity index (χ3n) is 3.10. The summed E-state index contributed by atoms with van der Waals surface area (Å²) in [5.74, 6) is 0.419. The molecule has 1 aromatic heterocycles. The zero-order valence-electron chi connectivity index (χ0n) is 10.0. The number of nitrogens with one attached hydrogen (secondary N) is 1. The molecular weight excluding hydrogens is 339 g/mol. The van der Waals surface area contributed by atoms with Crippen molar-refractivity contribution in [3.05, 3.63) is 34.1 Å². The summed E-state index contributed by atoms with van der Waals surface area (Å²) in [5, 5.41) is 6.70. The van der Waals surface area contributed by atoms with Gasteiger partial charge in [0, 0.05) is 23.1 Å². The van der Waals surface area contributed by atoms with Crippen LogP contribution in [0.4, 0.5) is 13.2 Å². The van der Waals surface area contributed by atoms with Crippen molar-refractivity contribution in [2.75, 3.05) is 13.1 Å². The molecule has 0 amide bonds. The lowest BCUT2D eigenvalue weighted by molar-refractivity contribution is -0.137. The maximum absolute atomic E-state index is 13.0. The highest BCUT2D eigenvalue weighted by molar-refractivity contribution is 9.10. The molecule has 1 aliphatic heterocycles. The predicted molar refractivity (Wildman–Crippen MR) is 68.0 cm³/mol. The highest BCUT2D eigenvalue weighted by Gasteiger charge is 2.35. The van der Waals surface area contributed by atoms with Gasteiger partial charge in [-0.25, -0.2) is 0 Å². The van der Waals surface area contributed by atoms with Crippen LogP contribution in [0.1, 0.15) is 17.4 Å². The SMILES string of the molecule is FC(F)(F)c1cc(Br)ccc1-c1noc(C2CNC2)n1. The van der Waals surface area contributed by atoms with Gasteiger partial charge in [0.15, 0.2) is 0 Å². The molecule has 2 heterocycles. The highest BCUT2D eigenvalue weighted by Crippen LogP contribution is 2.38. The van der Waals surface area contributed by atoms with Crippen molar-refractivity contribution in [3.63, 3.8) is 0 Å². The molecule has 4 nitrogen and oxygen atoms in total. The Labute approximate surface area is 120 Å². The monoisotopic (exact) mass is 347 g/mol. The summed E-state index contributed by atoms with van der Waals surface area (Å²) in [6, 6.07) is 3.86. The van der Waals surface area contributed by atoms with Gasteiger partial charge in [-0.3, -0.25) is 0 Å². The molecule has 1 aliphatic rings. The Morgan fingerprint density at radius 2 is 2.05 bits per heavy atom. The number of aromatic nitrogens is 2. The first-order valence-corrected chi connectivity index (χ1v) is 6.66. The topological polar surface area (TPSA) is 51.0 Å². The molecule has 20 heavy (non-hydrogen) atoms. The quantitative estimate of drug-likeness (QED) is 0.906. The van der Waals surface area contributed by atoms with Crippen LogP contribution in [0.3, 0.4) is 0 Å². The van der Waals surface area contributed by atoms with E-state index in [1.54, 1.807) is 0 Å². The predicted octanol–water partition coefficient (Wildman–Crippen LogP) is 3.20. The molecule has 1 aromatic carbocycles. The van der Waals surface area contributed by atoms with E-state index in [1.807, 2.05) is 0 Å². The lowest BCUT2D eigenvalue weighted by Gasteiger charge is -2.22. The van der Waals surface area contributed by atoms with Crippen LogP contribution in [0.5, 0.6) is 0 Å². The summed E-state index contributed by atoms with van der Waals surface area (Å²) in [7, 11) is 0. The van der Waals surface area contributed by atoms with Gasteiger partial charge in [0.25, 0.3) is 0 Å². The van der Waals surface area contributed by atoms with Crippen LogP contribution in [-0.4, -0.2) is 23.2 Å². The van der Waals surface area contributed by atoms with Crippen LogP contribution in [0.2, 0.25) is 0 Å². The molecule has 2 aromatic rings. The van der Waals surface area contributed by atoms with E-state index < -0.39 is 11.7 Å². The first-order valence-electron chi connectivity index (χ1n) is 5.86. The molecule has 106 valence electrons. The highest BCUT2D eigenvalue weighted by atomic mass is 79.9. The van der Waals surface area contributed by atoms with E-state index in [1.165, 1.54) is 12.1 Å². The Hall–Kier alpha value is -1.41. The van der Waals surface area contributed by atoms with E-state index in [2.05, 4.69) is 31.4 Å². The van der Waals surface area contributed by atoms with E-state index in [0.29, 0.717) is 23.5 Å². The van der Waals surface area contributed by atoms with Gasteiger partial charge in [0.05, 0.1) is 11.5 Å². The molecule has 0 radical (unpaired) electrons. The fourth-order valence-corrected chi connectivity index (χ4v) is 2.28. The molecule has 1 saturated heterocycles. The van der Waals surface area contributed by atoms with Crippen LogP contribution in [0.15, 0.2) is 27.2 Å². The van der Waals surface area contributed by atoms with Crippen LogP contribution in [0, 0.1) is 0 Å². The average Bonchev–Trinajstić information content (AvgIpc) is 2.74. The smallest absolute Gasteiger partial charge is 0.339 e.